The van der Waals surface area contributed by atoms with Crippen molar-refractivity contribution in [1.82, 2.24) is 39.2 Å². The van der Waals surface area contributed by atoms with Crippen LogP contribution in [0.25, 0.3) is 5.65 Å². The maximum Gasteiger partial charge on any atom is 0.451 e. The third-order valence-corrected chi connectivity index (χ3v) is 6.17. The molecule has 0 atom stereocenters. The minimum atomic E-state index is -4.68. The van der Waals surface area contributed by atoms with Crippen molar-refractivity contribution < 1.29 is 22.4 Å². The molecule has 1 aliphatic heterocycles. The number of aromatic amines is 1. The fraction of sp³-hybridized carbons (Fsp3) is 0.263. The first-order valence-electron chi connectivity index (χ1n) is 9.92. The zero-order chi connectivity index (χ0) is 25.1. The van der Waals surface area contributed by atoms with Crippen LogP contribution in [0.3, 0.4) is 0 Å². The fourth-order valence-corrected chi connectivity index (χ4v) is 4.20. The first-order valence-corrected chi connectivity index (χ1v) is 10.7. The first-order chi connectivity index (χ1) is 16.5. The lowest BCUT2D eigenvalue weighted by atomic mass is 10.0. The summed E-state index contributed by atoms with van der Waals surface area (Å²) < 4.78 is 55.7. The number of nitrogens with one attached hydrogen (secondary N) is 1. The number of benzene rings is 1. The lowest BCUT2D eigenvalue weighted by Gasteiger charge is -2.28. The number of aromatic nitrogens is 7. The molecule has 1 amide bonds. The van der Waals surface area contributed by atoms with E-state index in [1.165, 1.54) is 17.0 Å². The first kappa shape index (κ1) is 23.2. The Morgan fingerprint density at radius 1 is 1.17 bits per heavy atom. The van der Waals surface area contributed by atoms with Crippen LogP contribution < -0.4 is 5.69 Å². The number of carbonyl (C=O) groups is 1. The van der Waals surface area contributed by atoms with Crippen molar-refractivity contribution in [3.05, 3.63) is 73.3 Å². The molecule has 16 heteroatoms. The highest BCUT2D eigenvalue weighted by Crippen LogP contribution is 2.30. The van der Waals surface area contributed by atoms with Gasteiger partial charge in [0.2, 0.25) is 5.82 Å². The molecule has 182 valence electrons. The summed E-state index contributed by atoms with van der Waals surface area (Å²) in [5, 5.41) is 12.7. The zero-order valence-corrected chi connectivity index (χ0v) is 18.8. The molecule has 4 heterocycles. The Morgan fingerprint density at radius 2 is 1.94 bits per heavy atom. The van der Waals surface area contributed by atoms with Gasteiger partial charge < -0.3 is 9.47 Å². The van der Waals surface area contributed by atoms with Crippen LogP contribution in [0.1, 0.15) is 33.3 Å². The van der Waals surface area contributed by atoms with E-state index < -0.39 is 29.4 Å². The minimum absolute atomic E-state index is 0.0355. The van der Waals surface area contributed by atoms with Gasteiger partial charge in [-0.15, -0.1) is 10.2 Å². The van der Waals surface area contributed by atoms with Gasteiger partial charge in [0.15, 0.2) is 21.8 Å². The molecule has 0 saturated heterocycles. The SMILES string of the molecule is O=C(c1cc(Cc2n[nH]c(=O)n3c(Cl)c(Cl)nc23)ccc1F)N1CCn2c(nnc2C(F)(F)F)C1. The zero-order valence-electron chi connectivity index (χ0n) is 17.3. The monoisotopic (exact) mass is 530 g/mol. The van der Waals surface area contributed by atoms with Gasteiger partial charge in [-0.1, -0.05) is 29.3 Å². The topological polar surface area (TPSA) is 114 Å². The summed E-state index contributed by atoms with van der Waals surface area (Å²) in [6, 6.07) is 3.81. The van der Waals surface area contributed by atoms with Crippen molar-refractivity contribution in [1.29, 1.82) is 0 Å². The minimum Gasteiger partial charge on any atom is -0.329 e. The lowest BCUT2D eigenvalue weighted by molar-refractivity contribution is -0.147. The number of hydrogen-bond donors (Lipinski definition) is 1. The van der Waals surface area contributed by atoms with E-state index in [2.05, 4.69) is 25.4 Å². The second-order valence-electron chi connectivity index (χ2n) is 7.63. The second kappa shape index (κ2) is 8.30. The summed E-state index contributed by atoms with van der Waals surface area (Å²) in [6.45, 7) is -0.548. The second-order valence-corrected chi connectivity index (χ2v) is 8.35. The van der Waals surface area contributed by atoms with E-state index in [9.17, 15) is 27.2 Å². The van der Waals surface area contributed by atoms with Gasteiger partial charge in [0.25, 0.3) is 5.91 Å². The summed E-state index contributed by atoms with van der Waals surface area (Å²) in [5.74, 6) is -2.74. The molecule has 1 aliphatic rings. The van der Waals surface area contributed by atoms with Crippen LogP contribution in [0.5, 0.6) is 0 Å². The Kier molecular flexibility index (Phi) is 5.51. The maximum atomic E-state index is 14.6. The number of fused-ring (bicyclic) bond motifs is 2. The van der Waals surface area contributed by atoms with Crippen molar-refractivity contribution in [3.63, 3.8) is 0 Å². The predicted molar refractivity (Wildman–Crippen MR) is 113 cm³/mol. The van der Waals surface area contributed by atoms with Crippen molar-refractivity contribution in [2.75, 3.05) is 6.54 Å². The van der Waals surface area contributed by atoms with Crippen LogP contribution in [0.2, 0.25) is 10.3 Å². The van der Waals surface area contributed by atoms with Gasteiger partial charge >= 0.3 is 11.9 Å². The Bertz CT molecular complexity index is 1540. The fourth-order valence-electron chi connectivity index (χ4n) is 3.84. The van der Waals surface area contributed by atoms with Crippen LogP contribution in [0.4, 0.5) is 17.6 Å². The van der Waals surface area contributed by atoms with Gasteiger partial charge in [-0.05, 0) is 17.7 Å². The number of alkyl halides is 3. The van der Waals surface area contributed by atoms with E-state index in [4.69, 9.17) is 23.2 Å². The average Bonchev–Trinajstić information content (AvgIpc) is 3.37. The number of rotatable bonds is 3. The van der Waals surface area contributed by atoms with Crippen LogP contribution in [-0.2, 0) is 25.7 Å². The summed E-state index contributed by atoms with van der Waals surface area (Å²) >= 11 is 11.9. The maximum absolute atomic E-state index is 14.6. The molecule has 0 saturated carbocycles. The standard InChI is InChI=1S/C19H12Cl2F4N8O2/c20-13-14(21)33-15(26-13)11(27-30-18(33)35)6-8-1-2-10(22)9(5-8)16(34)31-3-4-32-12(7-31)28-29-17(32)19(23,24)25/h1-2,5H,3-4,6-7H2,(H,30,35). The van der Waals surface area contributed by atoms with Crippen LogP contribution in [-0.4, -0.2) is 51.7 Å². The van der Waals surface area contributed by atoms with Gasteiger partial charge in [-0.25, -0.2) is 23.7 Å². The number of imidazole rings is 1. The van der Waals surface area contributed by atoms with E-state index in [-0.39, 0.29) is 59.1 Å². The third kappa shape index (κ3) is 4.01. The summed E-state index contributed by atoms with van der Waals surface area (Å²) in [4.78, 5) is 30.3. The van der Waals surface area contributed by atoms with Crippen LogP contribution in [0.15, 0.2) is 23.0 Å². The number of carbonyl (C=O) groups excluding carboxylic acids is 1. The smallest absolute Gasteiger partial charge is 0.329 e. The molecule has 0 unspecified atom stereocenters. The van der Waals surface area contributed by atoms with E-state index in [1.54, 1.807) is 0 Å². The Labute approximate surface area is 202 Å². The highest BCUT2D eigenvalue weighted by Gasteiger charge is 2.40. The Hall–Kier alpha value is -3.52. The molecule has 0 spiro atoms. The largest absolute Gasteiger partial charge is 0.451 e. The van der Waals surface area contributed by atoms with E-state index in [0.29, 0.717) is 5.56 Å². The van der Waals surface area contributed by atoms with Crippen LogP contribution in [0, 0.1) is 5.82 Å². The quantitative estimate of drug-likeness (QED) is 0.407. The molecule has 0 fully saturated rings. The summed E-state index contributed by atoms with van der Waals surface area (Å²) in [7, 11) is 0. The van der Waals surface area contributed by atoms with Crippen molar-refractivity contribution >= 4 is 34.8 Å². The van der Waals surface area contributed by atoms with Crippen molar-refractivity contribution in [2.45, 2.75) is 25.7 Å². The molecular formula is C19H12Cl2F4N8O2. The molecule has 1 N–H and O–H groups in total. The normalized spacial score (nSPS) is 13.9. The Morgan fingerprint density at radius 3 is 2.69 bits per heavy atom. The molecule has 0 radical (unpaired) electrons. The van der Waals surface area contributed by atoms with E-state index in [0.717, 1.165) is 15.0 Å². The molecule has 1 aromatic carbocycles. The molecule has 3 aromatic heterocycles. The van der Waals surface area contributed by atoms with Crippen LogP contribution >= 0.6 is 23.2 Å². The number of H-pyrrole nitrogens is 1. The van der Waals surface area contributed by atoms with Gasteiger partial charge in [0, 0.05) is 19.5 Å². The number of halogens is 6. The lowest BCUT2D eigenvalue weighted by Crippen LogP contribution is -2.39. The highest BCUT2D eigenvalue weighted by atomic mass is 35.5. The molecule has 0 bridgehead atoms. The molecule has 10 nitrogen and oxygen atoms in total. The number of nitrogens with zero attached hydrogens (tertiary/aromatic N) is 7. The molecule has 5 rings (SSSR count). The summed E-state index contributed by atoms with van der Waals surface area (Å²) in [5.41, 5.74) is -0.141. The highest BCUT2D eigenvalue weighted by molar-refractivity contribution is 6.40. The molecular weight excluding hydrogens is 519 g/mol. The average molecular weight is 531 g/mol. The van der Waals surface area contributed by atoms with Gasteiger partial charge in [0.1, 0.15) is 11.5 Å². The Balaban J connectivity index is 1.43. The number of amides is 1. The molecule has 0 aliphatic carbocycles. The molecule has 35 heavy (non-hydrogen) atoms. The van der Waals surface area contributed by atoms with Gasteiger partial charge in [-0.3, -0.25) is 4.79 Å². The van der Waals surface area contributed by atoms with Crippen molar-refractivity contribution in [3.8, 4) is 0 Å². The summed E-state index contributed by atoms with van der Waals surface area (Å²) in [6.07, 6.45) is -4.64. The van der Waals surface area contributed by atoms with E-state index in [1.807, 2.05) is 0 Å². The third-order valence-electron chi connectivity index (χ3n) is 5.46. The molecule has 4 aromatic rings. The number of hydrogen-bond acceptors (Lipinski definition) is 6. The van der Waals surface area contributed by atoms with Gasteiger partial charge in [-0.2, -0.15) is 18.3 Å². The van der Waals surface area contributed by atoms with Gasteiger partial charge in [0.05, 0.1) is 12.1 Å². The van der Waals surface area contributed by atoms with Crippen molar-refractivity contribution in [2.24, 2.45) is 0 Å². The predicted octanol–water partition coefficient (Wildman–Crippen LogP) is 2.72. The van der Waals surface area contributed by atoms with E-state index >= 15 is 0 Å².